The topological polar surface area (TPSA) is 95.8 Å². The first-order valence-corrected chi connectivity index (χ1v) is 9.46. The molecule has 2 aromatic carbocycles. The number of aromatic nitrogens is 1. The van der Waals surface area contributed by atoms with Crippen LogP contribution in [0.25, 0.3) is 11.3 Å². The minimum absolute atomic E-state index is 0.167. The van der Waals surface area contributed by atoms with Gasteiger partial charge in [0.25, 0.3) is 0 Å². The van der Waals surface area contributed by atoms with Crippen molar-refractivity contribution in [2.45, 2.75) is 13.8 Å². The molecule has 0 saturated heterocycles. The van der Waals surface area contributed by atoms with Crippen molar-refractivity contribution in [3.05, 3.63) is 59.7 Å². The second-order valence-corrected chi connectivity index (χ2v) is 6.87. The number of nitrogens with one attached hydrogen (secondary N) is 2. The molecule has 0 unspecified atom stereocenters. The summed E-state index contributed by atoms with van der Waals surface area (Å²) in [5.74, 6) is 0.167. The van der Waals surface area contributed by atoms with Crippen LogP contribution in [0.3, 0.4) is 0 Å². The van der Waals surface area contributed by atoms with Crippen molar-refractivity contribution in [1.29, 1.82) is 0 Å². The fraction of sp³-hybridized carbons (Fsp3) is 0.150. The van der Waals surface area contributed by atoms with Gasteiger partial charge in [-0.05, 0) is 31.5 Å². The summed E-state index contributed by atoms with van der Waals surface area (Å²) in [5.41, 5.74) is 6.24. The largest absolute Gasteiger partial charge is 0.508 e. The van der Waals surface area contributed by atoms with Crippen LogP contribution in [0.5, 0.6) is 5.75 Å². The first kappa shape index (κ1) is 19.4. The van der Waals surface area contributed by atoms with E-state index in [9.17, 15) is 9.90 Å². The van der Waals surface area contributed by atoms with Gasteiger partial charge in [0.1, 0.15) is 16.4 Å². The molecule has 0 spiro atoms. The molecule has 1 aromatic heterocycles. The van der Waals surface area contributed by atoms with Crippen LogP contribution in [-0.4, -0.2) is 29.0 Å². The van der Waals surface area contributed by atoms with Gasteiger partial charge < -0.3 is 9.84 Å². The first-order chi connectivity index (χ1) is 13.5. The Morgan fingerprint density at radius 3 is 2.79 bits per heavy atom. The second-order valence-electron chi connectivity index (χ2n) is 5.87. The zero-order valence-electron chi connectivity index (χ0n) is 15.5. The van der Waals surface area contributed by atoms with Gasteiger partial charge in [0, 0.05) is 5.56 Å². The first-order valence-electron chi connectivity index (χ1n) is 8.65. The van der Waals surface area contributed by atoms with Gasteiger partial charge in [0.2, 0.25) is 5.13 Å². The number of thiazole rings is 1. The van der Waals surface area contributed by atoms with Crippen LogP contribution >= 0.6 is 11.3 Å². The number of anilines is 2. The van der Waals surface area contributed by atoms with Crippen LogP contribution in [0.4, 0.5) is 14.9 Å². The number of rotatable bonds is 6. The van der Waals surface area contributed by atoms with Gasteiger partial charge in [-0.15, -0.1) is 0 Å². The Kier molecular flexibility index (Phi) is 6.23. The molecule has 28 heavy (non-hydrogen) atoms. The van der Waals surface area contributed by atoms with E-state index in [2.05, 4.69) is 20.8 Å². The van der Waals surface area contributed by atoms with E-state index in [0.29, 0.717) is 15.8 Å². The molecule has 8 heteroatoms. The molecule has 1 amide bonds. The number of benzene rings is 2. The number of amides is 1. The summed E-state index contributed by atoms with van der Waals surface area (Å²) in [7, 11) is 0. The Bertz CT molecular complexity index is 983. The molecule has 7 nitrogen and oxygen atoms in total. The average molecular weight is 396 g/mol. The molecule has 3 N–H and O–H groups in total. The highest BCUT2D eigenvalue weighted by atomic mass is 32.1. The highest BCUT2D eigenvalue weighted by Gasteiger charge is 2.16. The third kappa shape index (κ3) is 5.08. The third-order valence-corrected chi connectivity index (χ3v) is 4.56. The molecule has 0 radical (unpaired) electrons. The Labute approximate surface area is 166 Å². The number of phenolic OH excluding ortho intramolecular Hbond substituents is 1. The average Bonchev–Trinajstić information content (AvgIpc) is 3.05. The number of ether oxygens (including phenoxy) is 1. The van der Waals surface area contributed by atoms with E-state index in [4.69, 9.17) is 4.74 Å². The van der Waals surface area contributed by atoms with E-state index in [1.807, 2.05) is 37.3 Å². The van der Waals surface area contributed by atoms with E-state index in [1.54, 1.807) is 31.3 Å². The lowest BCUT2D eigenvalue weighted by Gasteiger charge is -2.05. The Balaban J connectivity index is 1.83. The monoisotopic (exact) mass is 396 g/mol. The summed E-state index contributed by atoms with van der Waals surface area (Å²) in [6, 6.07) is 14.6. The Morgan fingerprint density at radius 2 is 2.07 bits per heavy atom. The molecule has 0 aliphatic carbocycles. The van der Waals surface area contributed by atoms with Crippen LogP contribution in [0, 0.1) is 6.92 Å². The third-order valence-electron chi connectivity index (χ3n) is 3.69. The van der Waals surface area contributed by atoms with Crippen LogP contribution < -0.4 is 10.7 Å². The van der Waals surface area contributed by atoms with Crippen molar-refractivity contribution < 1.29 is 14.6 Å². The van der Waals surface area contributed by atoms with Crippen LogP contribution in [0.1, 0.15) is 18.1 Å². The summed E-state index contributed by atoms with van der Waals surface area (Å²) >= 11 is 1.25. The Morgan fingerprint density at radius 1 is 1.29 bits per heavy atom. The molecule has 1 heterocycles. The van der Waals surface area contributed by atoms with Gasteiger partial charge in [0.05, 0.1) is 12.8 Å². The van der Waals surface area contributed by atoms with Gasteiger partial charge >= 0.3 is 6.09 Å². The summed E-state index contributed by atoms with van der Waals surface area (Å²) in [5, 5.41) is 17.5. The number of aromatic hydroxyl groups is 1. The number of aryl methyl sites for hydroxylation is 1. The maximum Gasteiger partial charge on any atom is 0.412 e. The molecular weight excluding hydrogens is 376 g/mol. The van der Waals surface area contributed by atoms with Gasteiger partial charge in [-0.3, -0.25) is 10.7 Å². The van der Waals surface area contributed by atoms with Crippen molar-refractivity contribution in [2.24, 2.45) is 5.10 Å². The maximum absolute atomic E-state index is 11.9. The summed E-state index contributed by atoms with van der Waals surface area (Å²) in [4.78, 5) is 16.4. The number of phenols is 1. The van der Waals surface area contributed by atoms with Gasteiger partial charge in [-0.1, -0.05) is 53.3 Å². The molecule has 0 aliphatic heterocycles. The highest BCUT2D eigenvalue weighted by Crippen LogP contribution is 2.36. The van der Waals surface area contributed by atoms with E-state index < -0.39 is 6.09 Å². The standard InChI is InChI=1S/C20H20N4O3S/c1-3-27-20(26)23-18-17(15-9-7-13(2)8-10-15)22-19(28-18)24-21-12-14-5-4-6-16(25)11-14/h4-12,25H,3H2,1-2H3,(H,22,24)(H,23,26)/b21-12-. The lowest BCUT2D eigenvalue weighted by atomic mass is 10.1. The molecular formula is C20H20N4O3S. The zero-order valence-corrected chi connectivity index (χ0v) is 16.3. The molecule has 0 aliphatic rings. The predicted octanol–water partition coefficient (Wildman–Crippen LogP) is 4.84. The number of carbonyl (C=O) groups excluding carboxylic acids is 1. The molecule has 0 bridgehead atoms. The van der Waals surface area contributed by atoms with Crippen LogP contribution in [-0.2, 0) is 4.74 Å². The fourth-order valence-electron chi connectivity index (χ4n) is 2.39. The van der Waals surface area contributed by atoms with E-state index in [1.165, 1.54) is 11.3 Å². The predicted molar refractivity (Wildman–Crippen MR) is 112 cm³/mol. The Hall–Kier alpha value is -3.39. The SMILES string of the molecule is CCOC(=O)Nc1sc(N/N=C\c2cccc(O)c2)nc1-c1ccc(C)cc1. The smallest absolute Gasteiger partial charge is 0.412 e. The van der Waals surface area contributed by atoms with Crippen molar-refractivity contribution in [3.63, 3.8) is 0 Å². The van der Waals surface area contributed by atoms with Crippen LogP contribution in [0.15, 0.2) is 53.6 Å². The number of hydrogen-bond donors (Lipinski definition) is 3. The van der Waals surface area contributed by atoms with Crippen LogP contribution in [0.2, 0.25) is 0 Å². The van der Waals surface area contributed by atoms with Crippen molar-refractivity contribution in [1.82, 2.24) is 4.98 Å². The normalized spacial score (nSPS) is 10.8. The summed E-state index contributed by atoms with van der Waals surface area (Å²) < 4.78 is 4.97. The van der Waals surface area contributed by atoms with E-state index >= 15 is 0 Å². The minimum Gasteiger partial charge on any atom is -0.508 e. The minimum atomic E-state index is -0.533. The van der Waals surface area contributed by atoms with E-state index in [0.717, 1.165) is 16.7 Å². The lowest BCUT2D eigenvalue weighted by Crippen LogP contribution is -2.12. The van der Waals surface area contributed by atoms with Crippen molar-refractivity contribution in [2.75, 3.05) is 17.3 Å². The van der Waals surface area contributed by atoms with Crippen molar-refractivity contribution >= 4 is 33.8 Å². The summed E-state index contributed by atoms with van der Waals surface area (Å²) in [6.45, 7) is 4.03. The number of hydrogen-bond acceptors (Lipinski definition) is 7. The number of hydrazone groups is 1. The molecule has 0 saturated carbocycles. The maximum atomic E-state index is 11.9. The lowest BCUT2D eigenvalue weighted by molar-refractivity contribution is 0.168. The fourth-order valence-corrected chi connectivity index (χ4v) is 3.21. The molecule has 144 valence electrons. The molecule has 0 atom stereocenters. The van der Waals surface area contributed by atoms with Crippen molar-refractivity contribution in [3.8, 4) is 17.0 Å². The quantitative estimate of drug-likeness (QED) is 0.409. The number of carbonyl (C=O) groups is 1. The molecule has 0 fully saturated rings. The van der Waals surface area contributed by atoms with Gasteiger partial charge in [0.15, 0.2) is 0 Å². The number of nitrogens with zero attached hydrogens (tertiary/aromatic N) is 2. The second kappa shape index (κ2) is 9.01. The highest BCUT2D eigenvalue weighted by molar-refractivity contribution is 7.20. The van der Waals surface area contributed by atoms with E-state index in [-0.39, 0.29) is 12.4 Å². The summed E-state index contributed by atoms with van der Waals surface area (Å²) in [6.07, 6.45) is 1.04. The molecule has 3 aromatic rings. The zero-order chi connectivity index (χ0) is 19.9. The molecule has 3 rings (SSSR count). The van der Waals surface area contributed by atoms with Gasteiger partial charge in [-0.2, -0.15) is 5.10 Å². The van der Waals surface area contributed by atoms with Gasteiger partial charge in [-0.25, -0.2) is 9.78 Å².